The molecule has 0 radical (unpaired) electrons. The van der Waals surface area contributed by atoms with Gasteiger partial charge in [-0.2, -0.15) is 0 Å². The SMILES string of the molecule is O=C1NC2CCCCC2C1CCCN1CCN(c2cccc(Cl)c2)CC1. The van der Waals surface area contributed by atoms with Crippen molar-refractivity contribution in [2.24, 2.45) is 11.8 Å². The lowest BCUT2D eigenvalue weighted by molar-refractivity contribution is -0.123. The topological polar surface area (TPSA) is 35.6 Å². The molecule has 2 aliphatic heterocycles. The lowest BCUT2D eigenvalue weighted by Gasteiger charge is -2.36. The first-order chi connectivity index (χ1) is 12.7. The van der Waals surface area contributed by atoms with Gasteiger partial charge in [-0.25, -0.2) is 0 Å². The van der Waals surface area contributed by atoms with Gasteiger partial charge in [0.2, 0.25) is 5.91 Å². The van der Waals surface area contributed by atoms with Crippen LogP contribution in [0.25, 0.3) is 0 Å². The number of rotatable bonds is 5. The Morgan fingerprint density at radius 3 is 2.73 bits per heavy atom. The van der Waals surface area contributed by atoms with Gasteiger partial charge in [0.1, 0.15) is 0 Å². The number of halogens is 1. The van der Waals surface area contributed by atoms with Crippen LogP contribution in [0.5, 0.6) is 0 Å². The van der Waals surface area contributed by atoms with Crippen molar-refractivity contribution in [1.29, 1.82) is 0 Å². The van der Waals surface area contributed by atoms with E-state index in [0.29, 0.717) is 17.9 Å². The van der Waals surface area contributed by atoms with Gasteiger partial charge in [0.15, 0.2) is 0 Å². The Bertz CT molecular complexity index is 629. The van der Waals surface area contributed by atoms with Crippen molar-refractivity contribution in [1.82, 2.24) is 10.2 Å². The van der Waals surface area contributed by atoms with Gasteiger partial charge in [0.25, 0.3) is 0 Å². The quantitative estimate of drug-likeness (QED) is 0.854. The summed E-state index contributed by atoms with van der Waals surface area (Å²) >= 11 is 6.11. The van der Waals surface area contributed by atoms with Crippen molar-refractivity contribution in [3.63, 3.8) is 0 Å². The molecule has 4 rings (SSSR count). The number of fused-ring (bicyclic) bond motifs is 1. The van der Waals surface area contributed by atoms with E-state index in [9.17, 15) is 4.79 Å². The summed E-state index contributed by atoms with van der Waals surface area (Å²) < 4.78 is 0. The molecule has 26 heavy (non-hydrogen) atoms. The molecule has 1 saturated carbocycles. The zero-order chi connectivity index (χ0) is 17.9. The van der Waals surface area contributed by atoms with Crippen LogP contribution in [0.2, 0.25) is 5.02 Å². The molecular weight excluding hydrogens is 346 g/mol. The molecule has 0 aromatic heterocycles. The van der Waals surface area contributed by atoms with E-state index in [4.69, 9.17) is 11.6 Å². The highest BCUT2D eigenvalue weighted by molar-refractivity contribution is 6.30. The Morgan fingerprint density at radius 2 is 1.92 bits per heavy atom. The summed E-state index contributed by atoms with van der Waals surface area (Å²) in [5.41, 5.74) is 1.23. The average Bonchev–Trinajstić information content (AvgIpc) is 2.98. The molecule has 3 atom stereocenters. The Hall–Kier alpha value is -1.26. The van der Waals surface area contributed by atoms with E-state index < -0.39 is 0 Å². The van der Waals surface area contributed by atoms with Crippen molar-refractivity contribution in [3.8, 4) is 0 Å². The predicted octanol–water partition coefficient (Wildman–Crippen LogP) is 3.55. The second-order valence-electron chi connectivity index (χ2n) is 8.12. The summed E-state index contributed by atoms with van der Waals surface area (Å²) in [5, 5.41) is 4.06. The van der Waals surface area contributed by atoms with Gasteiger partial charge in [-0.1, -0.05) is 30.5 Å². The summed E-state index contributed by atoms with van der Waals surface area (Å²) in [6, 6.07) is 8.62. The van der Waals surface area contributed by atoms with Crippen LogP contribution in [-0.4, -0.2) is 49.6 Å². The molecular formula is C21H30ClN3O. The van der Waals surface area contributed by atoms with E-state index in [1.54, 1.807) is 0 Å². The highest BCUT2D eigenvalue weighted by atomic mass is 35.5. The summed E-state index contributed by atoms with van der Waals surface area (Å²) in [5.74, 6) is 1.21. The van der Waals surface area contributed by atoms with E-state index in [-0.39, 0.29) is 5.92 Å². The first kappa shape index (κ1) is 18.1. The van der Waals surface area contributed by atoms with Gasteiger partial charge in [-0.3, -0.25) is 9.69 Å². The molecule has 3 unspecified atom stereocenters. The average molecular weight is 376 g/mol. The van der Waals surface area contributed by atoms with E-state index >= 15 is 0 Å². The van der Waals surface area contributed by atoms with E-state index in [1.807, 2.05) is 12.1 Å². The second-order valence-corrected chi connectivity index (χ2v) is 8.56. The van der Waals surface area contributed by atoms with Crippen LogP contribution in [0.4, 0.5) is 5.69 Å². The normalized spacial score (nSPS) is 29.5. The number of carbonyl (C=O) groups is 1. The van der Waals surface area contributed by atoms with Gasteiger partial charge in [0.05, 0.1) is 0 Å². The number of nitrogens with one attached hydrogen (secondary N) is 1. The van der Waals surface area contributed by atoms with Crippen molar-refractivity contribution in [2.45, 2.75) is 44.6 Å². The van der Waals surface area contributed by atoms with Crippen LogP contribution in [0.15, 0.2) is 24.3 Å². The van der Waals surface area contributed by atoms with E-state index in [2.05, 4.69) is 27.2 Å². The second kappa shape index (κ2) is 8.18. The number of benzene rings is 1. The molecule has 2 heterocycles. The zero-order valence-electron chi connectivity index (χ0n) is 15.5. The van der Waals surface area contributed by atoms with Crippen LogP contribution in [-0.2, 0) is 4.79 Å². The number of anilines is 1. The minimum Gasteiger partial charge on any atom is -0.369 e. The minimum absolute atomic E-state index is 0.271. The number of nitrogens with zero attached hydrogens (tertiary/aromatic N) is 2. The molecule has 1 amide bonds. The third kappa shape index (κ3) is 4.01. The fourth-order valence-electron chi connectivity index (χ4n) is 5.09. The van der Waals surface area contributed by atoms with Crippen molar-refractivity contribution in [3.05, 3.63) is 29.3 Å². The monoisotopic (exact) mass is 375 g/mol. The van der Waals surface area contributed by atoms with Gasteiger partial charge in [-0.05, 0) is 56.3 Å². The molecule has 1 aromatic rings. The van der Waals surface area contributed by atoms with Crippen LogP contribution in [0.1, 0.15) is 38.5 Å². The highest BCUT2D eigenvalue weighted by Crippen LogP contribution is 2.37. The van der Waals surface area contributed by atoms with Gasteiger partial charge in [0, 0.05) is 48.8 Å². The number of hydrogen-bond donors (Lipinski definition) is 1. The Balaban J connectivity index is 1.21. The van der Waals surface area contributed by atoms with Crippen LogP contribution in [0, 0.1) is 11.8 Å². The Kier molecular flexibility index (Phi) is 5.70. The Morgan fingerprint density at radius 1 is 1.12 bits per heavy atom. The van der Waals surface area contributed by atoms with Gasteiger partial charge >= 0.3 is 0 Å². The largest absolute Gasteiger partial charge is 0.369 e. The number of amides is 1. The fourth-order valence-corrected chi connectivity index (χ4v) is 5.27. The Labute approximate surface area is 161 Å². The third-order valence-electron chi connectivity index (χ3n) is 6.54. The smallest absolute Gasteiger partial charge is 0.223 e. The predicted molar refractivity (Wildman–Crippen MR) is 107 cm³/mol. The lowest BCUT2D eigenvalue weighted by Crippen LogP contribution is -2.46. The third-order valence-corrected chi connectivity index (χ3v) is 6.77. The van der Waals surface area contributed by atoms with Gasteiger partial charge < -0.3 is 10.2 Å². The number of piperazine rings is 1. The molecule has 0 spiro atoms. The molecule has 3 aliphatic rings. The van der Waals surface area contributed by atoms with E-state index in [1.165, 1.54) is 31.4 Å². The molecule has 3 fully saturated rings. The van der Waals surface area contributed by atoms with Crippen molar-refractivity contribution in [2.75, 3.05) is 37.6 Å². The molecule has 142 valence electrons. The molecule has 2 saturated heterocycles. The number of hydrogen-bond acceptors (Lipinski definition) is 3. The molecule has 1 aliphatic carbocycles. The molecule has 1 N–H and O–H groups in total. The van der Waals surface area contributed by atoms with Crippen molar-refractivity contribution >= 4 is 23.2 Å². The first-order valence-electron chi connectivity index (χ1n) is 10.2. The lowest BCUT2D eigenvalue weighted by atomic mass is 9.78. The van der Waals surface area contributed by atoms with E-state index in [0.717, 1.165) is 50.6 Å². The van der Waals surface area contributed by atoms with Gasteiger partial charge in [-0.15, -0.1) is 0 Å². The summed E-state index contributed by atoms with van der Waals surface area (Å²) in [6.45, 7) is 5.40. The molecule has 4 nitrogen and oxygen atoms in total. The van der Waals surface area contributed by atoms with Crippen molar-refractivity contribution < 1.29 is 4.79 Å². The summed E-state index contributed by atoms with van der Waals surface area (Å²) in [7, 11) is 0. The standard InChI is InChI=1S/C21H30ClN3O/c22-16-5-3-6-17(15-16)25-13-11-24(12-14-25)10-4-8-19-18-7-1-2-9-20(18)23-21(19)26/h3,5-6,15,18-20H,1-2,4,7-14H2,(H,23,26). The minimum atomic E-state index is 0.271. The summed E-state index contributed by atoms with van der Waals surface area (Å²) in [4.78, 5) is 17.3. The van der Waals surface area contributed by atoms with Crippen LogP contribution in [0.3, 0.4) is 0 Å². The highest BCUT2D eigenvalue weighted by Gasteiger charge is 2.42. The number of carbonyl (C=O) groups excluding carboxylic acids is 1. The first-order valence-corrected chi connectivity index (χ1v) is 10.6. The summed E-state index contributed by atoms with van der Waals surface area (Å²) in [6.07, 6.45) is 7.22. The molecule has 5 heteroatoms. The molecule has 0 bridgehead atoms. The maximum Gasteiger partial charge on any atom is 0.223 e. The van der Waals surface area contributed by atoms with Crippen LogP contribution < -0.4 is 10.2 Å². The zero-order valence-corrected chi connectivity index (χ0v) is 16.3. The fraction of sp³-hybridized carbons (Fsp3) is 0.667. The molecule has 1 aromatic carbocycles. The maximum absolute atomic E-state index is 12.3. The van der Waals surface area contributed by atoms with Crippen LogP contribution >= 0.6 is 11.6 Å². The maximum atomic E-state index is 12.3.